The molecule has 0 saturated carbocycles. The van der Waals surface area contributed by atoms with Gasteiger partial charge in [-0.1, -0.05) is 22.0 Å². The van der Waals surface area contributed by atoms with E-state index in [1.54, 1.807) is 13.0 Å². The highest BCUT2D eigenvalue weighted by atomic mass is 79.9. The SMILES string of the molecule is C=CCCCCCOc1c([C@H](C)O)cc(Br)cc1[N+](=O)[O-]. The molecule has 0 unspecified atom stereocenters. The van der Waals surface area contributed by atoms with Gasteiger partial charge in [0.25, 0.3) is 0 Å². The Balaban J connectivity index is 2.82. The van der Waals surface area contributed by atoms with Crippen LogP contribution in [-0.4, -0.2) is 16.6 Å². The molecule has 0 aliphatic heterocycles. The lowest BCUT2D eigenvalue weighted by molar-refractivity contribution is -0.386. The van der Waals surface area contributed by atoms with Crippen LogP contribution in [-0.2, 0) is 0 Å². The summed E-state index contributed by atoms with van der Waals surface area (Å²) in [5.74, 6) is 0.155. The third-order valence-corrected chi connectivity index (χ3v) is 3.47. The summed E-state index contributed by atoms with van der Waals surface area (Å²) in [4.78, 5) is 10.6. The molecular weight excluding hydrogens is 338 g/mol. The first-order valence-electron chi connectivity index (χ1n) is 6.87. The second-order valence-electron chi connectivity index (χ2n) is 4.76. The van der Waals surface area contributed by atoms with Gasteiger partial charge in [-0.3, -0.25) is 10.1 Å². The third kappa shape index (κ3) is 5.47. The van der Waals surface area contributed by atoms with Crippen molar-refractivity contribution in [2.45, 2.75) is 38.7 Å². The predicted molar refractivity (Wildman–Crippen MR) is 85.6 cm³/mol. The summed E-state index contributed by atoms with van der Waals surface area (Å²) < 4.78 is 6.12. The Morgan fingerprint density at radius 2 is 2.19 bits per heavy atom. The maximum absolute atomic E-state index is 11.1. The number of hydrogen-bond donors (Lipinski definition) is 1. The molecule has 0 bridgehead atoms. The van der Waals surface area contributed by atoms with Gasteiger partial charge in [0.15, 0.2) is 0 Å². The van der Waals surface area contributed by atoms with E-state index >= 15 is 0 Å². The molecule has 0 aliphatic carbocycles. The van der Waals surface area contributed by atoms with Crippen molar-refractivity contribution >= 4 is 21.6 Å². The Kier molecular flexibility index (Phi) is 7.39. The zero-order valence-electron chi connectivity index (χ0n) is 12.0. The molecule has 0 heterocycles. The van der Waals surface area contributed by atoms with E-state index in [1.807, 2.05) is 6.08 Å². The molecule has 0 amide bonds. The van der Waals surface area contributed by atoms with Crippen molar-refractivity contribution in [2.24, 2.45) is 0 Å². The fourth-order valence-electron chi connectivity index (χ4n) is 1.94. The fraction of sp³-hybridized carbons (Fsp3) is 0.467. The van der Waals surface area contributed by atoms with Crippen molar-refractivity contribution in [1.82, 2.24) is 0 Å². The number of benzene rings is 1. The van der Waals surface area contributed by atoms with Crippen LogP contribution in [0.2, 0.25) is 0 Å². The number of halogens is 1. The van der Waals surface area contributed by atoms with Crippen LogP contribution in [0.15, 0.2) is 29.3 Å². The van der Waals surface area contributed by atoms with E-state index in [9.17, 15) is 15.2 Å². The van der Waals surface area contributed by atoms with E-state index < -0.39 is 11.0 Å². The largest absolute Gasteiger partial charge is 0.487 e. The lowest BCUT2D eigenvalue weighted by atomic mass is 10.1. The second kappa shape index (κ2) is 8.79. The quantitative estimate of drug-likeness (QED) is 0.305. The molecule has 5 nitrogen and oxygen atoms in total. The number of aliphatic hydroxyl groups is 1. The van der Waals surface area contributed by atoms with Gasteiger partial charge >= 0.3 is 5.69 Å². The zero-order chi connectivity index (χ0) is 15.8. The third-order valence-electron chi connectivity index (χ3n) is 3.01. The van der Waals surface area contributed by atoms with Gasteiger partial charge in [-0.2, -0.15) is 0 Å². The minimum absolute atomic E-state index is 0.133. The number of nitro benzene ring substituents is 1. The summed E-state index contributed by atoms with van der Waals surface area (Å²) in [6.07, 6.45) is 4.79. The number of allylic oxidation sites excluding steroid dienone is 1. The molecule has 1 rings (SSSR count). The Labute approximate surface area is 132 Å². The Hall–Kier alpha value is -1.40. The van der Waals surface area contributed by atoms with Crippen LogP contribution in [0, 0.1) is 10.1 Å². The molecule has 0 aliphatic rings. The molecule has 1 aromatic carbocycles. The summed E-state index contributed by atoms with van der Waals surface area (Å²) in [7, 11) is 0. The molecule has 0 spiro atoms. The highest BCUT2D eigenvalue weighted by molar-refractivity contribution is 9.10. The summed E-state index contributed by atoms with van der Waals surface area (Å²) in [6.45, 7) is 5.60. The van der Waals surface area contributed by atoms with Crippen LogP contribution in [0.4, 0.5) is 5.69 Å². The number of rotatable bonds is 9. The van der Waals surface area contributed by atoms with Crippen LogP contribution < -0.4 is 4.74 Å². The number of aliphatic hydroxyl groups excluding tert-OH is 1. The molecule has 0 fully saturated rings. The van der Waals surface area contributed by atoms with E-state index in [-0.39, 0.29) is 11.4 Å². The summed E-state index contributed by atoms with van der Waals surface area (Å²) >= 11 is 3.21. The van der Waals surface area contributed by atoms with E-state index in [4.69, 9.17) is 4.74 Å². The summed E-state index contributed by atoms with van der Waals surface area (Å²) in [5, 5.41) is 20.9. The molecule has 1 atom stereocenters. The van der Waals surface area contributed by atoms with Crippen LogP contribution in [0.3, 0.4) is 0 Å². The van der Waals surface area contributed by atoms with Gasteiger partial charge in [-0.25, -0.2) is 0 Å². The molecule has 1 aromatic rings. The van der Waals surface area contributed by atoms with Gasteiger partial charge in [0.05, 0.1) is 17.6 Å². The number of nitrogens with zero attached hydrogens (tertiary/aromatic N) is 1. The number of hydrogen-bond acceptors (Lipinski definition) is 4. The number of ether oxygens (including phenoxy) is 1. The minimum Gasteiger partial charge on any atom is -0.487 e. The Morgan fingerprint density at radius 3 is 2.76 bits per heavy atom. The molecule has 21 heavy (non-hydrogen) atoms. The molecular formula is C15H20BrNO4. The maximum atomic E-state index is 11.1. The average molecular weight is 358 g/mol. The first-order valence-corrected chi connectivity index (χ1v) is 7.66. The average Bonchev–Trinajstić information content (AvgIpc) is 2.42. The molecule has 116 valence electrons. The first kappa shape index (κ1) is 17.7. The molecule has 6 heteroatoms. The van der Waals surface area contributed by atoms with E-state index in [0.717, 1.165) is 25.7 Å². The molecule has 0 radical (unpaired) electrons. The Morgan fingerprint density at radius 1 is 1.48 bits per heavy atom. The summed E-state index contributed by atoms with van der Waals surface area (Å²) in [6, 6.07) is 3.03. The van der Waals surface area contributed by atoms with Crippen LogP contribution >= 0.6 is 15.9 Å². The minimum atomic E-state index is -0.836. The van der Waals surface area contributed by atoms with Gasteiger partial charge in [0.1, 0.15) is 0 Å². The van der Waals surface area contributed by atoms with E-state index in [1.165, 1.54) is 6.07 Å². The van der Waals surface area contributed by atoms with Crippen molar-refractivity contribution in [3.8, 4) is 5.75 Å². The lowest BCUT2D eigenvalue weighted by Gasteiger charge is -2.14. The summed E-state index contributed by atoms with van der Waals surface area (Å²) in [5.41, 5.74) is 0.286. The lowest BCUT2D eigenvalue weighted by Crippen LogP contribution is -2.05. The maximum Gasteiger partial charge on any atom is 0.312 e. The standard InChI is InChI=1S/C15H20BrNO4/c1-3-4-5-6-7-8-21-15-13(11(2)18)9-12(16)10-14(15)17(19)20/h3,9-11,18H,1,4-8H2,2H3/t11-/m0/s1. The molecule has 1 N–H and O–H groups in total. The van der Waals surface area contributed by atoms with Crippen LogP contribution in [0.5, 0.6) is 5.75 Å². The van der Waals surface area contributed by atoms with Gasteiger partial charge in [0, 0.05) is 16.1 Å². The van der Waals surface area contributed by atoms with Gasteiger partial charge in [0.2, 0.25) is 5.75 Å². The number of nitro groups is 1. The van der Waals surface area contributed by atoms with Gasteiger partial charge in [-0.05, 0) is 38.7 Å². The van der Waals surface area contributed by atoms with Crippen molar-refractivity contribution in [3.05, 3.63) is 44.9 Å². The topological polar surface area (TPSA) is 72.6 Å². The highest BCUT2D eigenvalue weighted by Crippen LogP contribution is 2.37. The van der Waals surface area contributed by atoms with Crippen molar-refractivity contribution < 1.29 is 14.8 Å². The van der Waals surface area contributed by atoms with Crippen molar-refractivity contribution in [1.29, 1.82) is 0 Å². The Bertz CT molecular complexity index is 503. The van der Waals surface area contributed by atoms with Gasteiger partial charge < -0.3 is 9.84 Å². The fourth-order valence-corrected chi connectivity index (χ4v) is 2.41. The van der Waals surface area contributed by atoms with E-state index in [2.05, 4.69) is 22.5 Å². The monoisotopic (exact) mass is 357 g/mol. The smallest absolute Gasteiger partial charge is 0.312 e. The first-order chi connectivity index (χ1) is 9.97. The zero-order valence-corrected chi connectivity index (χ0v) is 13.6. The van der Waals surface area contributed by atoms with Crippen LogP contribution in [0.1, 0.15) is 44.3 Å². The predicted octanol–water partition coefficient (Wildman–Crippen LogP) is 4.54. The van der Waals surface area contributed by atoms with Crippen molar-refractivity contribution in [2.75, 3.05) is 6.61 Å². The second-order valence-corrected chi connectivity index (χ2v) is 5.68. The number of unbranched alkanes of at least 4 members (excludes halogenated alkanes) is 3. The van der Waals surface area contributed by atoms with Gasteiger partial charge in [-0.15, -0.1) is 6.58 Å². The molecule has 0 aromatic heterocycles. The van der Waals surface area contributed by atoms with Crippen LogP contribution in [0.25, 0.3) is 0 Å². The molecule has 0 saturated heterocycles. The van der Waals surface area contributed by atoms with Crippen molar-refractivity contribution in [3.63, 3.8) is 0 Å². The normalized spacial score (nSPS) is 12.0. The van der Waals surface area contributed by atoms with E-state index in [0.29, 0.717) is 16.6 Å². The highest BCUT2D eigenvalue weighted by Gasteiger charge is 2.23.